The first-order valence-corrected chi connectivity index (χ1v) is 13.0. The molecule has 10 nitrogen and oxygen atoms in total. The quantitative estimate of drug-likeness (QED) is 0.683. The van der Waals surface area contributed by atoms with Gasteiger partial charge >= 0.3 is 6.03 Å². The molecule has 11 heteroatoms. The zero-order valence-electron chi connectivity index (χ0n) is 18.8. The summed E-state index contributed by atoms with van der Waals surface area (Å²) in [4.78, 5) is 23.8. The fraction of sp³-hybridized carbons (Fsp3) is 0.500. The molecule has 3 aliphatic rings. The van der Waals surface area contributed by atoms with Gasteiger partial charge in [0.25, 0.3) is 0 Å². The number of anilines is 2. The van der Waals surface area contributed by atoms with Crippen LogP contribution in [0.4, 0.5) is 16.3 Å². The lowest BCUT2D eigenvalue weighted by atomic mass is 10.1. The van der Waals surface area contributed by atoms with Gasteiger partial charge in [0, 0.05) is 36.4 Å². The minimum atomic E-state index is -3.35. The standard InChI is InChI=1S/C22H28N6O4S/c1-3-23-21(29)24-16-6-4-15(5-7-16)19-25-18-13-27(33(2,30)31)12-17(18)20(26-19)28-10-11-32-14-22(28)8-9-22/h4-7H,3,8-14H2,1-2H3,(H2,23,24,29). The van der Waals surface area contributed by atoms with Crippen molar-refractivity contribution >= 4 is 27.6 Å². The number of urea groups is 1. The first-order valence-electron chi connectivity index (χ1n) is 11.1. The summed E-state index contributed by atoms with van der Waals surface area (Å²) in [6.07, 6.45) is 3.30. The number of morpholine rings is 1. The highest BCUT2D eigenvalue weighted by atomic mass is 32.2. The van der Waals surface area contributed by atoms with E-state index in [1.165, 1.54) is 10.6 Å². The Bertz CT molecular complexity index is 1180. The summed E-state index contributed by atoms with van der Waals surface area (Å²) in [5.74, 6) is 1.36. The third kappa shape index (κ3) is 4.28. The van der Waals surface area contributed by atoms with E-state index in [2.05, 4.69) is 15.5 Å². The van der Waals surface area contributed by atoms with E-state index in [1.807, 2.05) is 19.1 Å². The molecule has 2 fully saturated rings. The SMILES string of the molecule is CCNC(=O)Nc1ccc(-c2nc3c(c(N4CCOCC45CC5)n2)CN(S(C)(=O)=O)C3)cc1. The van der Waals surface area contributed by atoms with E-state index in [-0.39, 0.29) is 24.7 Å². The lowest BCUT2D eigenvalue weighted by molar-refractivity contribution is 0.0859. The van der Waals surface area contributed by atoms with Crippen LogP contribution in [0.15, 0.2) is 24.3 Å². The third-order valence-corrected chi connectivity index (χ3v) is 7.62. The number of nitrogens with zero attached hydrogens (tertiary/aromatic N) is 4. The Morgan fingerprint density at radius 2 is 1.94 bits per heavy atom. The highest BCUT2D eigenvalue weighted by molar-refractivity contribution is 7.88. The molecule has 0 unspecified atom stereocenters. The van der Waals surface area contributed by atoms with E-state index in [9.17, 15) is 13.2 Å². The number of aromatic nitrogens is 2. The number of ether oxygens (including phenoxy) is 1. The van der Waals surface area contributed by atoms with Gasteiger partial charge in [0.2, 0.25) is 10.0 Å². The van der Waals surface area contributed by atoms with Gasteiger partial charge in [-0.3, -0.25) is 0 Å². The fourth-order valence-electron chi connectivity index (χ4n) is 4.46. The molecule has 1 aliphatic carbocycles. The third-order valence-electron chi connectivity index (χ3n) is 6.42. The van der Waals surface area contributed by atoms with Crippen molar-refractivity contribution in [3.63, 3.8) is 0 Å². The van der Waals surface area contributed by atoms with Gasteiger partial charge in [0.05, 0.1) is 37.2 Å². The summed E-state index contributed by atoms with van der Waals surface area (Å²) in [6, 6.07) is 7.08. The van der Waals surface area contributed by atoms with Crippen molar-refractivity contribution in [3.8, 4) is 11.4 Å². The number of amides is 2. The van der Waals surface area contributed by atoms with E-state index in [1.54, 1.807) is 12.1 Å². The number of hydrogen-bond acceptors (Lipinski definition) is 7. The van der Waals surface area contributed by atoms with Gasteiger partial charge in [0.15, 0.2) is 5.82 Å². The van der Waals surface area contributed by atoms with Crippen LogP contribution in [0.2, 0.25) is 0 Å². The molecule has 176 valence electrons. The maximum absolute atomic E-state index is 12.3. The second-order valence-corrected chi connectivity index (χ2v) is 10.8. The number of rotatable bonds is 5. The number of carbonyl (C=O) groups is 1. The van der Waals surface area contributed by atoms with E-state index >= 15 is 0 Å². The van der Waals surface area contributed by atoms with Crippen LogP contribution in [0.5, 0.6) is 0 Å². The fourth-order valence-corrected chi connectivity index (χ4v) is 5.18. The molecule has 1 aromatic carbocycles. The average molecular weight is 473 g/mol. The Kier molecular flexibility index (Phi) is 5.50. The predicted molar refractivity (Wildman–Crippen MR) is 124 cm³/mol. The summed E-state index contributed by atoms with van der Waals surface area (Å²) < 4.78 is 31.7. The molecule has 1 saturated heterocycles. The Morgan fingerprint density at radius 3 is 2.61 bits per heavy atom. The van der Waals surface area contributed by atoms with Crippen molar-refractivity contribution in [2.24, 2.45) is 0 Å². The van der Waals surface area contributed by atoms with Gasteiger partial charge in [-0.05, 0) is 44.0 Å². The van der Waals surface area contributed by atoms with Crippen LogP contribution in [0.25, 0.3) is 11.4 Å². The molecule has 0 bridgehead atoms. The van der Waals surface area contributed by atoms with Crippen molar-refractivity contribution in [2.45, 2.75) is 38.4 Å². The highest BCUT2D eigenvalue weighted by Gasteiger charge is 2.51. The first kappa shape index (κ1) is 22.1. The second kappa shape index (κ2) is 8.23. The van der Waals surface area contributed by atoms with Gasteiger partial charge in [0.1, 0.15) is 5.82 Å². The number of nitrogens with one attached hydrogen (secondary N) is 2. The van der Waals surface area contributed by atoms with E-state index in [0.717, 1.165) is 42.0 Å². The van der Waals surface area contributed by atoms with Crippen molar-refractivity contribution in [2.75, 3.05) is 42.8 Å². The monoisotopic (exact) mass is 472 g/mol. The Morgan fingerprint density at radius 1 is 1.18 bits per heavy atom. The van der Waals surface area contributed by atoms with E-state index in [0.29, 0.717) is 31.3 Å². The lowest BCUT2D eigenvalue weighted by Crippen LogP contribution is -2.48. The van der Waals surface area contributed by atoms with Gasteiger partial charge < -0.3 is 20.3 Å². The molecule has 2 N–H and O–H groups in total. The minimum Gasteiger partial charge on any atom is -0.377 e. The molecule has 3 heterocycles. The van der Waals surface area contributed by atoms with Gasteiger partial charge in [-0.15, -0.1) is 0 Å². The van der Waals surface area contributed by atoms with Crippen molar-refractivity contribution in [1.82, 2.24) is 19.6 Å². The maximum Gasteiger partial charge on any atom is 0.319 e. The van der Waals surface area contributed by atoms with Crippen molar-refractivity contribution in [3.05, 3.63) is 35.5 Å². The molecular formula is C22H28N6O4S. The number of benzene rings is 1. The summed E-state index contributed by atoms with van der Waals surface area (Å²) in [6.45, 7) is 4.93. The second-order valence-electron chi connectivity index (χ2n) is 8.82. The molecule has 2 aliphatic heterocycles. The molecule has 0 radical (unpaired) electrons. The zero-order chi connectivity index (χ0) is 23.2. The minimum absolute atomic E-state index is 0.0451. The van der Waals surface area contributed by atoms with Crippen LogP contribution < -0.4 is 15.5 Å². The molecule has 1 spiro atoms. The van der Waals surface area contributed by atoms with Crippen LogP contribution >= 0.6 is 0 Å². The van der Waals surface area contributed by atoms with Crippen LogP contribution in [0.3, 0.4) is 0 Å². The van der Waals surface area contributed by atoms with E-state index in [4.69, 9.17) is 14.7 Å². The number of fused-ring (bicyclic) bond motifs is 1. The Balaban J connectivity index is 1.51. The molecular weight excluding hydrogens is 444 g/mol. The molecule has 1 aromatic heterocycles. The van der Waals surface area contributed by atoms with Crippen LogP contribution in [0.1, 0.15) is 31.0 Å². The maximum atomic E-state index is 12.3. The normalized spacial score (nSPS) is 19.4. The summed E-state index contributed by atoms with van der Waals surface area (Å²) in [7, 11) is -3.35. The van der Waals surface area contributed by atoms with Gasteiger partial charge in [-0.2, -0.15) is 4.31 Å². The predicted octanol–water partition coefficient (Wildman–Crippen LogP) is 1.93. The van der Waals surface area contributed by atoms with Crippen LogP contribution in [0, 0.1) is 0 Å². The number of hydrogen-bond donors (Lipinski definition) is 2. The van der Waals surface area contributed by atoms with Gasteiger partial charge in [-0.1, -0.05) is 0 Å². The summed E-state index contributed by atoms with van der Waals surface area (Å²) >= 11 is 0. The molecule has 2 aromatic rings. The number of carbonyl (C=O) groups excluding carboxylic acids is 1. The zero-order valence-corrected chi connectivity index (χ0v) is 19.6. The van der Waals surface area contributed by atoms with Crippen molar-refractivity contribution < 1.29 is 17.9 Å². The molecule has 1 saturated carbocycles. The molecule has 0 atom stereocenters. The van der Waals surface area contributed by atoms with Crippen molar-refractivity contribution in [1.29, 1.82) is 0 Å². The van der Waals surface area contributed by atoms with Crippen LogP contribution in [-0.4, -0.2) is 66.8 Å². The molecule has 5 rings (SSSR count). The Hall–Kier alpha value is -2.76. The summed E-state index contributed by atoms with van der Waals surface area (Å²) in [5.41, 5.74) is 3.05. The number of sulfonamides is 1. The Labute approximate surface area is 193 Å². The smallest absolute Gasteiger partial charge is 0.319 e. The van der Waals surface area contributed by atoms with Crippen LogP contribution in [-0.2, 0) is 27.8 Å². The van der Waals surface area contributed by atoms with E-state index < -0.39 is 10.0 Å². The largest absolute Gasteiger partial charge is 0.377 e. The highest BCUT2D eigenvalue weighted by Crippen LogP contribution is 2.47. The average Bonchev–Trinajstić information content (AvgIpc) is 3.38. The molecule has 33 heavy (non-hydrogen) atoms. The topological polar surface area (TPSA) is 117 Å². The molecule has 2 amide bonds. The lowest BCUT2D eigenvalue weighted by Gasteiger charge is -2.38. The first-order chi connectivity index (χ1) is 15.8. The van der Waals surface area contributed by atoms with Gasteiger partial charge in [-0.25, -0.2) is 23.2 Å². The summed E-state index contributed by atoms with van der Waals surface area (Å²) in [5, 5.41) is 5.48.